The van der Waals surface area contributed by atoms with Gasteiger partial charge in [-0.15, -0.1) is 5.10 Å². The fraction of sp³-hybridized carbons (Fsp3) is 0.235. The molecule has 6 aromatic rings. The van der Waals surface area contributed by atoms with E-state index in [1.54, 1.807) is 16.8 Å². The van der Waals surface area contributed by atoms with Gasteiger partial charge in [-0.05, 0) is 30.3 Å². The number of aromatic nitrogens is 7. The number of halogens is 4. The van der Waals surface area contributed by atoms with Crippen LogP contribution in [-0.2, 0) is 17.8 Å². The molecule has 1 N–H and O–H groups in total. The van der Waals surface area contributed by atoms with Gasteiger partial charge in [0.2, 0.25) is 5.88 Å². The summed E-state index contributed by atoms with van der Waals surface area (Å²) in [5, 5.41) is 17.6. The summed E-state index contributed by atoms with van der Waals surface area (Å²) in [4.78, 5) is 24.9. The van der Waals surface area contributed by atoms with Gasteiger partial charge in [-0.2, -0.15) is 0 Å². The third-order valence-corrected chi connectivity index (χ3v) is 8.86. The number of aromatic carboxylic acids is 1. The average molecular weight is 690 g/mol. The molecule has 1 aliphatic heterocycles. The molecule has 250 valence electrons. The van der Waals surface area contributed by atoms with E-state index in [-0.39, 0.29) is 42.2 Å². The van der Waals surface area contributed by atoms with Crippen LogP contribution in [0.25, 0.3) is 28.1 Å². The molecule has 4 aromatic heterocycles. The van der Waals surface area contributed by atoms with Gasteiger partial charge in [-0.1, -0.05) is 36.7 Å². The summed E-state index contributed by atoms with van der Waals surface area (Å²) in [6.07, 6.45) is 4.22. The van der Waals surface area contributed by atoms with E-state index in [9.17, 15) is 9.90 Å². The van der Waals surface area contributed by atoms with Crippen LogP contribution in [0.4, 0.5) is 13.2 Å². The predicted octanol–water partition coefficient (Wildman–Crippen LogP) is 6.61. The first-order valence-electron chi connectivity index (χ1n) is 15.1. The van der Waals surface area contributed by atoms with Crippen LogP contribution in [0.3, 0.4) is 0 Å². The number of ether oxygens (including phenoxy) is 2. The molecule has 7 rings (SSSR count). The van der Waals surface area contributed by atoms with E-state index < -0.39 is 46.4 Å². The highest BCUT2D eigenvalue weighted by molar-refractivity contribution is 6.31. The molecule has 0 saturated carbocycles. The largest absolute Gasteiger partial charge is 0.478 e. The smallest absolute Gasteiger partial charge is 0.335 e. The highest BCUT2D eigenvalue weighted by Crippen LogP contribution is 2.41. The molecule has 0 radical (unpaired) electrons. The monoisotopic (exact) mass is 689 g/mol. The number of benzene rings is 2. The Morgan fingerprint density at radius 2 is 1.96 bits per heavy atom. The molecule has 1 fully saturated rings. The predicted molar refractivity (Wildman–Crippen MR) is 171 cm³/mol. The molecule has 5 heterocycles. The van der Waals surface area contributed by atoms with E-state index in [1.165, 1.54) is 53.5 Å². The molecule has 0 amide bonds. The number of imidazole rings is 1. The quantitative estimate of drug-likeness (QED) is 0.167. The third-order valence-electron chi connectivity index (χ3n) is 8.51. The fourth-order valence-electron chi connectivity index (χ4n) is 5.87. The van der Waals surface area contributed by atoms with Crippen molar-refractivity contribution in [2.45, 2.75) is 32.9 Å². The van der Waals surface area contributed by atoms with E-state index in [2.05, 4.69) is 25.3 Å². The van der Waals surface area contributed by atoms with Crippen molar-refractivity contribution in [1.82, 2.24) is 34.5 Å². The van der Waals surface area contributed by atoms with Gasteiger partial charge in [0.1, 0.15) is 18.2 Å². The zero-order valence-electron chi connectivity index (χ0n) is 26.1. The molecule has 0 bridgehead atoms. The minimum atomic E-state index is -1.39. The van der Waals surface area contributed by atoms with E-state index in [4.69, 9.17) is 21.1 Å². The van der Waals surface area contributed by atoms with Crippen molar-refractivity contribution < 1.29 is 32.5 Å². The Hall–Kier alpha value is -5.34. The standard InChI is InChI=1S/C34H27ClF3N7O4/c1-34(2)17-48-16-27(34)45-26-10-18(33(46)47)6-7-25(26)41-29(45)12-20-23(36)11-21(32(38)31(20)37)24-4-3-5-30(42-24)49-15-19-14-39-28(13-22(19)35)44-9-8-40-43-44/h3-11,13-14,27H,12,15-17H2,1-2H3,(H,46,47)/t27-/m1/s1. The normalized spacial score (nSPS) is 15.6. The second-order valence-electron chi connectivity index (χ2n) is 12.2. The summed E-state index contributed by atoms with van der Waals surface area (Å²) in [6.45, 7) is 4.61. The van der Waals surface area contributed by atoms with Gasteiger partial charge in [0, 0.05) is 46.9 Å². The summed E-state index contributed by atoms with van der Waals surface area (Å²) in [5.41, 5.74) is 0.0830. The maximum absolute atomic E-state index is 15.8. The maximum Gasteiger partial charge on any atom is 0.335 e. The zero-order chi connectivity index (χ0) is 34.4. The third kappa shape index (κ3) is 6.08. The second-order valence-corrected chi connectivity index (χ2v) is 12.7. The van der Waals surface area contributed by atoms with Gasteiger partial charge in [-0.25, -0.2) is 37.6 Å². The van der Waals surface area contributed by atoms with Crippen LogP contribution in [0.1, 0.15) is 47.2 Å². The first-order chi connectivity index (χ1) is 23.5. The first kappa shape index (κ1) is 32.2. The average Bonchev–Trinajstić information content (AvgIpc) is 3.82. The molecule has 1 aliphatic rings. The van der Waals surface area contributed by atoms with Gasteiger partial charge in [0.05, 0.1) is 59.0 Å². The van der Waals surface area contributed by atoms with E-state index in [0.29, 0.717) is 34.0 Å². The lowest BCUT2D eigenvalue weighted by molar-refractivity contribution is 0.0697. The molecular formula is C34H27ClF3N7O4. The van der Waals surface area contributed by atoms with Gasteiger partial charge in [-0.3, -0.25) is 0 Å². The lowest BCUT2D eigenvalue weighted by Crippen LogP contribution is -2.27. The number of hydrogen-bond donors (Lipinski definition) is 1. The fourth-order valence-corrected chi connectivity index (χ4v) is 6.08. The van der Waals surface area contributed by atoms with Crippen molar-refractivity contribution in [3.8, 4) is 23.0 Å². The first-order valence-corrected chi connectivity index (χ1v) is 15.5. The number of carboxylic acids is 1. The highest BCUT2D eigenvalue weighted by Gasteiger charge is 2.39. The summed E-state index contributed by atoms with van der Waals surface area (Å²) in [5.74, 6) is -4.06. The maximum atomic E-state index is 15.8. The molecule has 49 heavy (non-hydrogen) atoms. The number of fused-ring (bicyclic) bond motifs is 1. The molecule has 11 nitrogen and oxygen atoms in total. The number of carbonyl (C=O) groups is 1. The second kappa shape index (κ2) is 12.6. The Balaban J connectivity index is 1.18. The summed E-state index contributed by atoms with van der Waals surface area (Å²) in [6, 6.07) is 11.0. The van der Waals surface area contributed by atoms with Gasteiger partial charge in [0.25, 0.3) is 0 Å². The van der Waals surface area contributed by atoms with Crippen molar-refractivity contribution in [2.24, 2.45) is 5.41 Å². The Kier molecular flexibility index (Phi) is 8.28. The summed E-state index contributed by atoms with van der Waals surface area (Å²) in [7, 11) is 0. The molecule has 0 unspecified atom stereocenters. The van der Waals surface area contributed by atoms with E-state index in [0.717, 1.165) is 6.07 Å². The number of carboxylic acid groups (broad SMARTS) is 1. The molecular weight excluding hydrogens is 663 g/mol. The van der Waals surface area contributed by atoms with Crippen LogP contribution < -0.4 is 4.74 Å². The van der Waals surface area contributed by atoms with Gasteiger partial charge in [0.15, 0.2) is 17.5 Å². The zero-order valence-corrected chi connectivity index (χ0v) is 26.8. The summed E-state index contributed by atoms with van der Waals surface area (Å²) < 4.78 is 62.0. The number of pyridine rings is 2. The van der Waals surface area contributed by atoms with E-state index >= 15 is 13.2 Å². The van der Waals surface area contributed by atoms with Crippen molar-refractivity contribution in [3.05, 3.63) is 112 Å². The molecule has 1 atom stereocenters. The summed E-state index contributed by atoms with van der Waals surface area (Å²) >= 11 is 6.40. The number of hydrogen-bond acceptors (Lipinski definition) is 8. The van der Waals surface area contributed by atoms with Crippen LogP contribution in [-0.4, -0.2) is 58.8 Å². The number of rotatable bonds is 9. The van der Waals surface area contributed by atoms with Crippen LogP contribution in [0.15, 0.2) is 67.1 Å². The lowest BCUT2D eigenvalue weighted by atomic mass is 9.87. The van der Waals surface area contributed by atoms with Crippen molar-refractivity contribution >= 4 is 28.6 Å². The Morgan fingerprint density at radius 1 is 1.12 bits per heavy atom. The Morgan fingerprint density at radius 3 is 2.67 bits per heavy atom. The van der Waals surface area contributed by atoms with Crippen LogP contribution in [0.5, 0.6) is 5.88 Å². The van der Waals surface area contributed by atoms with Gasteiger partial charge >= 0.3 is 5.97 Å². The Labute approximate surface area is 281 Å². The Bertz CT molecular complexity index is 2230. The number of nitrogens with zero attached hydrogens (tertiary/aromatic N) is 7. The molecule has 0 aliphatic carbocycles. The molecule has 1 saturated heterocycles. The molecule has 2 aromatic carbocycles. The van der Waals surface area contributed by atoms with Crippen molar-refractivity contribution in [1.29, 1.82) is 0 Å². The van der Waals surface area contributed by atoms with Crippen LogP contribution in [0, 0.1) is 22.9 Å². The lowest BCUT2D eigenvalue weighted by Gasteiger charge is -2.28. The van der Waals surface area contributed by atoms with E-state index in [1.807, 2.05) is 13.8 Å². The van der Waals surface area contributed by atoms with Crippen LogP contribution >= 0.6 is 11.6 Å². The topological polar surface area (TPSA) is 130 Å². The van der Waals surface area contributed by atoms with Crippen molar-refractivity contribution in [2.75, 3.05) is 13.2 Å². The molecule has 15 heteroatoms. The van der Waals surface area contributed by atoms with Crippen LogP contribution in [0.2, 0.25) is 5.02 Å². The SMILES string of the molecule is CC1(C)COC[C@H]1n1c(Cc2c(F)cc(-c3cccc(OCc4cnc(-n5ccnn5)cc4Cl)n3)c(F)c2F)nc2ccc(C(=O)O)cc21. The van der Waals surface area contributed by atoms with Gasteiger partial charge < -0.3 is 19.1 Å². The minimum Gasteiger partial charge on any atom is -0.478 e. The highest BCUT2D eigenvalue weighted by atomic mass is 35.5. The minimum absolute atomic E-state index is 0.0317. The van der Waals surface area contributed by atoms with Crippen molar-refractivity contribution in [3.63, 3.8) is 0 Å². The molecule has 0 spiro atoms.